The van der Waals surface area contributed by atoms with Gasteiger partial charge in [-0.1, -0.05) is 6.07 Å². The fourth-order valence-corrected chi connectivity index (χ4v) is 2.53. The van der Waals surface area contributed by atoms with Gasteiger partial charge in [0, 0.05) is 11.7 Å². The van der Waals surface area contributed by atoms with E-state index in [1.807, 2.05) is 31.2 Å². The number of amides is 1. The van der Waals surface area contributed by atoms with Gasteiger partial charge >= 0.3 is 0 Å². The van der Waals surface area contributed by atoms with Crippen LogP contribution in [0, 0.1) is 5.92 Å². The Morgan fingerprint density at radius 1 is 1.40 bits per heavy atom. The van der Waals surface area contributed by atoms with Crippen molar-refractivity contribution in [3.8, 4) is 5.69 Å². The largest absolute Gasteiger partial charge is 0.326 e. The quantitative estimate of drug-likeness (QED) is 0.880. The number of aromatic nitrogens is 3. The fraction of sp³-hybridized carbons (Fsp3) is 0.357. The number of rotatable bonds is 3. The second-order valence-corrected chi connectivity index (χ2v) is 5.05. The summed E-state index contributed by atoms with van der Waals surface area (Å²) < 4.78 is 1.80. The molecule has 1 saturated heterocycles. The molecule has 2 atom stereocenters. The first kappa shape index (κ1) is 12.8. The number of hydrogen-bond acceptors (Lipinski definition) is 4. The smallest absolute Gasteiger partial charge is 0.229 e. The number of nitrogens with zero attached hydrogens (tertiary/aromatic N) is 3. The predicted octanol–water partition coefficient (Wildman–Crippen LogP) is 1.20. The Morgan fingerprint density at radius 3 is 2.90 bits per heavy atom. The molecule has 3 rings (SSSR count). The number of anilines is 1. The van der Waals surface area contributed by atoms with Gasteiger partial charge in [-0.2, -0.15) is 0 Å². The summed E-state index contributed by atoms with van der Waals surface area (Å²) in [5, 5.41) is 13.8. The molecule has 1 fully saturated rings. The van der Waals surface area contributed by atoms with Crippen LogP contribution in [0.15, 0.2) is 36.9 Å². The second kappa shape index (κ2) is 5.42. The molecule has 2 N–H and O–H groups in total. The molecule has 0 radical (unpaired) electrons. The molecular formula is C14H17N5O. The van der Waals surface area contributed by atoms with Gasteiger partial charge in [-0.15, -0.1) is 10.2 Å². The third-order valence-corrected chi connectivity index (χ3v) is 3.69. The maximum Gasteiger partial charge on any atom is 0.229 e. The normalized spacial score (nSPS) is 21.9. The van der Waals surface area contributed by atoms with E-state index in [0.717, 1.165) is 24.3 Å². The Hall–Kier alpha value is -2.21. The molecule has 0 bridgehead atoms. The average Bonchev–Trinajstić information content (AvgIpc) is 3.09. The van der Waals surface area contributed by atoms with Crippen molar-refractivity contribution >= 4 is 11.6 Å². The molecule has 6 nitrogen and oxygen atoms in total. The molecule has 1 aromatic heterocycles. The van der Waals surface area contributed by atoms with Crippen LogP contribution < -0.4 is 10.6 Å². The van der Waals surface area contributed by atoms with Crippen molar-refractivity contribution in [3.63, 3.8) is 0 Å². The van der Waals surface area contributed by atoms with E-state index in [4.69, 9.17) is 0 Å². The number of hydrogen-bond donors (Lipinski definition) is 2. The standard InChI is InChI=1S/C14H17N5O/c1-10-13(5-6-15-10)14(20)18-11-3-2-4-12(7-11)19-8-16-17-9-19/h2-4,7-10,13,15H,5-6H2,1H3,(H,18,20). The van der Waals surface area contributed by atoms with Gasteiger partial charge in [0.25, 0.3) is 0 Å². The Kier molecular flexibility index (Phi) is 3.47. The average molecular weight is 271 g/mol. The minimum absolute atomic E-state index is 0.0357. The molecule has 2 unspecified atom stereocenters. The molecule has 1 amide bonds. The minimum Gasteiger partial charge on any atom is -0.326 e. The van der Waals surface area contributed by atoms with Crippen LogP contribution in [0.3, 0.4) is 0 Å². The summed E-state index contributed by atoms with van der Waals surface area (Å²) in [6, 6.07) is 7.88. The topological polar surface area (TPSA) is 71.8 Å². The van der Waals surface area contributed by atoms with Crippen LogP contribution in [0.4, 0.5) is 5.69 Å². The first-order valence-corrected chi connectivity index (χ1v) is 6.73. The summed E-state index contributed by atoms with van der Waals surface area (Å²) in [7, 11) is 0. The number of carbonyl (C=O) groups is 1. The third-order valence-electron chi connectivity index (χ3n) is 3.69. The fourth-order valence-electron chi connectivity index (χ4n) is 2.53. The zero-order valence-corrected chi connectivity index (χ0v) is 11.3. The van der Waals surface area contributed by atoms with E-state index in [9.17, 15) is 4.79 Å². The Balaban J connectivity index is 1.74. The van der Waals surface area contributed by atoms with Gasteiger partial charge in [-0.25, -0.2) is 0 Å². The highest BCUT2D eigenvalue weighted by Crippen LogP contribution is 2.19. The maximum atomic E-state index is 12.2. The predicted molar refractivity (Wildman–Crippen MR) is 75.6 cm³/mol. The molecule has 0 spiro atoms. The van der Waals surface area contributed by atoms with Crippen molar-refractivity contribution in [3.05, 3.63) is 36.9 Å². The number of carbonyl (C=O) groups excluding carboxylic acids is 1. The van der Waals surface area contributed by atoms with E-state index < -0.39 is 0 Å². The molecule has 20 heavy (non-hydrogen) atoms. The molecule has 0 saturated carbocycles. The number of benzene rings is 1. The van der Waals surface area contributed by atoms with E-state index >= 15 is 0 Å². The van der Waals surface area contributed by atoms with E-state index in [1.54, 1.807) is 17.2 Å². The molecule has 1 aliphatic heterocycles. The van der Waals surface area contributed by atoms with Gasteiger partial charge in [0.1, 0.15) is 12.7 Å². The summed E-state index contributed by atoms with van der Waals surface area (Å²) in [4.78, 5) is 12.2. The summed E-state index contributed by atoms with van der Waals surface area (Å²) >= 11 is 0. The van der Waals surface area contributed by atoms with Crippen molar-refractivity contribution in [2.45, 2.75) is 19.4 Å². The first-order valence-electron chi connectivity index (χ1n) is 6.73. The molecular weight excluding hydrogens is 254 g/mol. The van der Waals surface area contributed by atoms with E-state index in [0.29, 0.717) is 0 Å². The van der Waals surface area contributed by atoms with E-state index in [-0.39, 0.29) is 17.9 Å². The summed E-state index contributed by atoms with van der Waals surface area (Å²) in [6.45, 7) is 2.95. The summed E-state index contributed by atoms with van der Waals surface area (Å²) in [6.07, 6.45) is 4.14. The first-order chi connectivity index (χ1) is 9.74. The van der Waals surface area contributed by atoms with Gasteiger partial charge in [0.15, 0.2) is 0 Å². The van der Waals surface area contributed by atoms with Gasteiger partial charge < -0.3 is 10.6 Å². The highest BCUT2D eigenvalue weighted by molar-refractivity contribution is 5.93. The molecule has 2 aromatic rings. The van der Waals surface area contributed by atoms with Crippen LogP contribution in [-0.2, 0) is 4.79 Å². The van der Waals surface area contributed by atoms with Gasteiger partial charge in [0.05, 0.1) is 11.6 Å². The van der Waals surface area contributed by atoms with Crippen LogP contribution in [0.5, 0.6) is 0 Å². The number of nitrogens with one attached hydrogen (secondary N) is 2. The van der Waals surface area contributed by atoms with Crippen molar-refractivity contribution in [2.24, 2.45) is 5.92 Å². The lowest BCUT2D eigenvalue weighted by Gasteiger charge is -2.15. The Labute approximate surface area is 117 Å². The zero-order valence-electron chi connectivity index (χ0n) is 11.3. The maximum absolute atomic E-state index is 12.2. The second-order valence-electron chi connectivity index (χ2n) is 5.05. The minimum atomic E-state index is 0.0357. The SMILES string of the molecule is CC1NCCC1C(=O)Nc1cccc(-n2cnnc2)c1. The highest BCUT2D eigenvalue weighted by Gasteiger charge is 2.29. The third kappa shape index (κ3) is 2.55. The Morgan fingerprint density at radius 2 is 2.20 bits per heavy atom. The molecule has 6 heteroatoms. The lowest BCUT2D eigenvalue weighted by Crippen LogP contribution is -2.32. The molecule has 1 aromatic carbocycles. The van der Waals surface area contributed by atoms with Crippen molar-refractivity contribution in [1.29, 1.82) is 0 Å². The lowest BCUT2D eigenvalue weighted by molar-refractivity contribution is -0.119. The van der Waals surface area contributed by atoms with E-state index in [2.05, 4.69) is 20.8 Å². The van der Waals surface area contributed by atoms with E-state index in [1.165, 1.54) is 0 Å². The Bertz CT molecular complexity index is 595. The van der Waals surface area contributed by atoms with Crippen LogP contribution in [0.1, 0.15) is 13.3 Å². The zero-order chi connectivity index (χ0) is 13.9. The molecule has 1 aliphatic rings. The monoisotopic (exact) mass is 271 g/mol. The van der Waals surface area contributed by atoms with Crippen LogP contribution in [0.25, 0.3) is 5.69 Å². The van der Waals surface area contributed by atoms with Crippen LogP contribution >= 0.6 is 0 Å². The van der Waals surface area contributed by atoms with Crippen molar-refractivity contribution in [2.75, 3.05) is 11.9 Å². The van der Waals surface area contributed by atoms with Crippen molar-refractivity contribution in [1.82, 2.24) is 20.1 Å². The molecule has 2 heterocycles. The lowest BCUT2D eigenvalue weighted by atomic mass is 10.0. The van der Waals surface area contributed by atoms with Gasteiger partial charge in [-0.05, 0) is 38.1 Å². The van der Waals surface area contributed by atoms with Gasteiger partial charge in [0.2, 0.25) is 5.91 Å². The van der Waals surface area contributed by atoms with Gasteiger partial charge in [-0.3, -0.25) is 9.36 Å². The summed E-state index contributed by atoms with van der Waals surface area (Å²) in [5.74, 6) is 0.108. The summed E-state index contributed by atoms with van der Waals surface area (Å²) in [5.41, 5.74) is 1.71. The van der Waals surface area contributed by atoms with Crippen LogP contribution in [-0.4, -0.2) is 33.3 Å². The molecule has 104 valence electrons. The molecule has 0 aliphatic carbocycles. The van der Waals surface area contributed by atoms with Crippen molar-refractivity contribution < 1.29 is 4.79 Å². The van der Waals surface area contributed by atoms with Crippen LogP contribution in [0.2, 0.25) is 0 Å². The highest BCUT2D eigenvalue weighted by atomic mass is 16.1.